The van der Waals surface area contributed by atoms with Crippen molar-refractivity contribution in [3.8, 4) is 0 Å². The van der Waals surface area contributed by atoms with Crippen molar-refractivity contribution < 1.29 is 13.2 Å². The van der Waals surface area contributed by atoms with E-state index in [4.69, 9.17) is 0 Å². The third-order valence-corrected chi connectivity index (χ3v) is 4.72. The Hall–Kier alpha value is -2.35. The number of sulfonamides is 1. The Morgan fingerprint density at radius 3 is 2.32 bits per heavy atom. The van der Waals surface area contributed by atoms with Crippen LogP contribution in [-0.2, 0) is 21.9 Å². The zero-order valence-electron chi connectivity index (χ0n) is 12.9. The summed E-state index contributed by atoms with van der Waals surface area (Å²) in [5.74, 6) is -0.0979. The molecule has 7 nitrogen and oxygen atoms in total. The Bertz CT molecular complexity index is 794. The van der Waals surface area contributed by atoms with Gasteiger partial charge in [0.1, 0.15) is 4.90 Å². The van der Waals surface area contributed by atoms with E-state index in [-0.39, 0.29) is 10.8 Å². The molecule has 0 atom stereocenters. The Morgan fingerprint density at radius 2 is 1.86 bits per heavy atom. The maximum Gasteiger partial charge on any atom is 0.265 e. The summed E-state index contributed by atoms with van der Waals surface area (Å²) in [5, 5.41) is 4.03. The van der Waals surface area contributed by atoms with Crippen LogP contribution >= 0.6 is 0 Å². The van der Waals surface area contributed by atoms with Crippen molar-refractivity contribution in [2.45, 2.75) is 18.7 Å². The van der Waals surface area contributed by atoms with Gasteiger partial charge in [-0.1, -0.05) is 0 Å². The molecule has 1 N–H and O–H groups in total. The topological polar surface area (TPSA) is 84.3 Å². The molecule has 0 radical (unpaired) electrons. The molecule has 0 fully saturated rings. The summed E-state index contributed by atoms with van der Waals surface area (Å²) < 4.78 is 28.6. The fourth-order valence-corrected chi connectivity index (χ4v) is 3.26. The second-order valence-electron chi connectivity index (χ2n) is 4.98. The maximum absolute atomic E-state index is 12.3. The van der Waals surface area contributed by atoms with Crippen LogP contribution in [0.5, 0.6) is 0 Å². The lowest BCUT2D eigenvalue weighted by Gasteiger charge is -2.15. The number of nitrogens with zero attached hydrogens (tertiary/aromatic N) is 3. The van der Waals surface area contributed by atoms with Gasteiger partial charge in [-0.3, -0.25) is 14.2 Å². The first-order chi connectivity index (χ1) is 10.2. The summed E-state index contributed by atoms with van der Waals surface area (Å²) in [6.07, 6.45) is 1.45. The van der Waals surface area contributed by atoms with Gasteiger partial charge in [0.25, 0.3) is 10.0 Å². The summed E-state index contributed by atoms with van der Waals surface area (Å²) in [4.78, 5) is 12.9. The third kappa shape index (κ3) is 3.28. The van der Waals surface area contributed by atoms with Gasteiger partial charge in [0.2, 0.25) is 5.91 Å². The van der Waals surface area contributed by atoms with Crippen LogP contribution in [0.15, 0.2) is 35.4 Å². The van der Waals surface area contributed by atoms with Gasteiger partial charge >= 0.3 is 0 Å². The minimum atomic E-state index is -3.69. The zero-order chi connectivity index (χ0) is 16.5. The van der Waals surface area contributed by atoms with Crippen molar-refractivity contribution in [2.24, 2.45) is 7.05 Å². The molecule has 0 spiro atoms. The van der Waals surface area contributed by atoms with Gasteiger partial charge in [-0.05, 0) is 31.2 Å². The second-order valence-corrected chi connectivity index (χ2v) is 6.63. The van der Waals surface area contributed by atoms with E-state index in [9.17, 15) is 13.2 Å². The average Bonchev–Trinajstić information content (AvgIpc) is 2.78. The highest BCUT2D eigenvalue weighted by molar-refractivity contribution is 7.92. The van der Waals surface area contributed by atoms with Gasteiger partial charge in [0.15, 0.2) is 0 Å². The summed E-state index contributed by atoms with van der Waals surface area (Å²) in [5.41, 5.74) is 1.54. The molecule has 2 aromatic rings. The number of aryl methyl sites for hydroxylation is 2. The number of aromatic nitrogens is 2. The van der Waals surface area contributed by atoms with E-state index in [1.807, 2.05) is 0 Å². The molecule has 1 heterocycles. The van der Waals surface area contributed by atoms with E-state index in [1.165, 1.54) is 22.7 Å². The van der Waals surface area contributed by atoms with Crippen LogP contribution < -0.4 is 9.62 Å². The third-order valence-electron chi connectivity index (χ3n) is 3.24. The number of carbonyl (C=O) groups excluding carboxylic acids is 1. The van der Waals surface area contributed by atoms with Gasteiger partial charge in [-0.25, -0.2) is 8.42 Å². The SMILES string of the molecule is CC(=O)N(C)c1ccc(NS(=O)(=O)c2cn(C)nc2C)cc1. The molecule has 0 unspecified atom stereocenters. The smallest absolute Gasteiger partial charge is 0.265 e. The van der Waals surface area contributed by atoms with Crippen molar-refractivity contribution in [1.82, 2.24) is 9.78 Å². The Balaban J connectivity index is 2.24. The molecule has 8 heteroatoms. The number of carbonyl (C=O) groups is 1. The highest BCUT2D eigenvalue weighted by Crippen LogP contribution is 2.21. The molecule has 22 heavy (non-hydrogen) atoms. The van der Waals surface area contributed by atoms with Crippen LogP contribution in [0, 0.1) is 6.92 Å². The highest BCUT2D eigenvalue weighted by Gasteiger charge is 2.20. The molecule has 0 saturated heterocycles. The van der Waals surface area contributed by atoms with Gasteiger partial charge in [0, 0.05) is 38.6 Å². The van der Waals surface area contributed by atoms with E-state index in [0.29, 0.717) is 17.1 Å². The fraction of sp³-hybridized carbons (Fsp3) is 0.286. The summed E-state index contributed by atoms with van der Waals surface area (Å²) in [6, 6.07) is 6.57. The average molecular weight is 322 g/mol. The minimum Gasteiger partial charge on any atom is -0.316 e. The predicted molar refractivity (Wildman–Crippen MR) is 84.3 cm³/mol. The van der Waals surface area contributed by atoms with Gasteiger partial charge in [-0.15, -0.1) is 0 Å². The van der Waals surface area contributed by atoms with E-state index >= 15 is 0 Å². The Morgan fingerprint density at radius 1 is 1.27 bits per heavy atom. The first kappa shape index (κ1) is 16.0. The largest absolute Gasteiger partial charge is 0.316 e. The maximum atomic E-state index is 12.3. The fourth-order valence-electron chi connectivity index (χ4n) is 1.99. The molecule has 0 aliphatic heterocycles. The van der Waals surface area contributed by atoms with Gasteiger partial charge in [0.05, 0.1) is 5.69 Å². The van der Waals surface area contributed by atoms with E-state index in [2.05, 4.69) is 9.82 Å². The van der Waals surface area contributed by atoms with Gasteiger partial charge in [-0.2, -0.15) is 5.10 Å². The molecule has 1 aromatic heterocycles. The first-order valence-corrected chi connectivity index (χ1v) is 8.06. The lowest BCUT2D eigenvalue weighted by Crippen LogP contribution is -2.22. The number of nitrogens with one attached hydrogen (secondary N) is 1. The van der Waals surface area contributed by atoms with Gasteiger partial charge < -0.3 is 4.90 Å². The zero-order valence-corrected chi connectivity index (χ0v) is 13.7. The van der Waals surface area contributed by atoms with Crippen LogP contribution in [0.4, 0.5) is 11.4 Å². The van der Waals surface area contributed by atoms with Crippen molar-refractivity contribution in [2.75, 3.05) is 16.7 Å². The van der Waals surface area contributed by atoms with E-state index < -0.39 is 10.0 Å². The molecule has 1 aromatic carbocycles. The van der Waals surface area contributed by atoms with Crippen molar-refractivity contribution in [1.29, 1.82) is 0 Å². The number of anilines is 2. The van der Waals surface area contributed by atoms with Crippen LogP contribution in [0.2, 0.25) is 0 Å². The van der Waals surface area contributed by atoms with Crippen LogP contribution in [0.3, 0.4) is 0 Å². The summed E-state index contributed by atoms with van der Waals surface area (Å²) >= 11 is 0. The van der Waals surface area contributed by atoms with E-state index in [0.717, 1.165) is 0 Å². The molecule has 118 valence electrons. The van der Waals surface area contributed by atoms with Crippen molar-refractivity contribution in [3.63, 3.8) is 0 Å². The monoisotopic (exact) mass is 322 g/mol. The number of hydrogen-bond donors (Lipinski definition) is 1. The summed E-state index contributed by atoms with van der Waals surface area (Å²) in [6.45, 7) is 3.10. The van der Waals surface area contributed by atoms with Crippen molar-refractivity contribution in [3.05, 3.63) is 36.2 Å². The molecule has 0 aliphatic carbocycles. The normalized spacial score (nSPS) is 11.3. The van der Waals surface area contributed by atoms with Crippen LogP contribution in [-0.4, -0.2) is 31.2 Å². The predicted octanol–water partition coefficient (Wildman–Crippen LogP) is 1.51. The minimum absolute atomic E-state index is 0.0979. The lowest BCUT2D eigenvalue weighted by atomic mass is 10.2. The Labute approximate surface area is 129 Å². The molecule has 0 aliphatic rings. The quantitative estimate of drug-likeness (QED) is 0.925. The highest BCUT2D eigenvalue weighted by atomic mass is 32.2. The standard InChI is InChI=1S/C14H18N4O3S/c1-10-14(9-17(3)15-10)22(20,21)16-12-5-7-13(8-6-12)18(4)11(2)19/h5-9,16H,1-4H3. The Kier molecular flexibility index (Phi) is 4.23. The second kappa shape index (κ2) is 5.80. The molecular formula is C14H18N4O3S. The number of hydrogen-bond acceptors (Lipinski definition) is 4. The molecule has 1 amide bonds. The molecule has 2 rings (SSSR count). The molecule has 0 saturated carbocycles. The van der Waals surface area contributed by atoms with Crippen molar-refractivity contribution >= 4 is 27.3 Å². The molecule has 0 bridgehead atoms. The lowest BCUT2D eigenvalue weighted by molar-refractivity contribution is -0.116. The number of rotatable bonds is 4. The number of benzene rings is 1. The first-order valence-electron chi connectivity index (χ1n) is 6.58. The summed E-state index contributed by atoms with van der Waals surface area (Å²) in [7, 11) is -0.368. The van der Waals surface area contributed by atoms with Crippen LogP contribution in [0.1, 0.15) is 12.6 Å². The van der Waals surface area contributed by atoms with E-state index in [1.54, 1.807) is 45.3 Å². The number of amides is 1. The molecular weight excluding hydrogens is 304 g/mol. The van der Waals surface area contributed by atoms with Crippen LogP contribution in [0.25, 0.3) is 0 Å².